The summed E-state index contributed by atoms with van der Waals surface area (Å²) in [7, 11) is 0. The van der Waals surface area contributed by atoms with Gasteiger partial charge in [-0.15, -0.1) is 12.4 Å². The maximum Gasteiger partial charge on any atom is 0.305 e. The van der Waals surface area contributed by atoms with Crippen LogP contribution in [-0.4, -0.2) is 30.1 Å². The highest BCUT2D eigenvalue weighted by Crippen LogP contribution is 2.15. The lowest BCUT2D eigenvalue weighted by Gasteiger charge is -2.07. The van der Waals surface area contributed by atoms with Crippen LogP contribution in [0, 0.1) is 0 Å². The van der Waals surface area contributed by atoms with Crippen molar-refractivity contribution in [1.29, 1.82) is 0 Å². The molecule has 1 heterocycles. The average molecular weight is 405 g/mol. The second-order valence-electron chi connectivity index (χ2n) is 5.74. The number of amides is 1. The van der Waals surface area contributed by atoms with E-state index in [0.717, 1.165) is 11.1 Å². The minimum atomic E-state index is -0.213. The van der Waals surface area contributed by atoms with Crippen molar-refractivity contribution in [3.05, 3.63) is 66.0 Å². The first kappa shape index (κ1) is 23.2. The van der Waals surface area contributed by atoms with Crippen LogP contribution < -0.4 is 10.1 Å². The van der Waals surface area contributed by atoms with Gasteiger partial charge in [0.1, 0.15) is 5.75 Å². The SMILES string of the molecule is CCOC(=O)CCCOc1cccc(/C=C/C(=O)NCc2cccnc2)c1.Cl. The molecule has 1 N–H and O–H groups in total. The number of carbonyl (C=O) groups is 2. The number of benzene rings is 1. The Labute approximate surface area is 171 Å². The lowest BCUT2D eigenvalue weighted by molar-refractivity contribution is -0.143. The van der Waals surface area contributed by atoms with Gasteiger partial charge >= 0.3 is 5.97 Å². The number of rotatable bonds is 10. The normalized spacial score (nSPS) is 10.2. The number of ether oxygens (including phenoxy) is 2. The molecule has 0 aliphatic heterocycles. The van der Waals surface area contributed by atoms with Crippen molar-refractivity contribution in [1.82, 2.24) is 10.3 Å². The lowest BCUT2D eigenvalue weighted by atomic mass is 10.2. The number of carbonyl (C=O) groups excluding carboxylic acids is 2. The monoisotopic (exact) mass is 404 g/mol. The number of nitrogens with zero attached hydrogens (tertiary/aromatic N) is 1. The third-order valence-corrected chi connectivity index (χ3v) is 3.57. The third-order valence-electron chi connectivity index (χ3n) is 3.57. The maximum atomic E-state index is 11.9. The largest absolute Gasteiger partial charge is 0.494 e. The number of halogens is 1. The van der Waals surface area contributed by atoms with E-state index in [0.29, 0.717) is 38.3 Å². The molecule has 0 spiro atoms. The molecule has 7 heteroatoms. The Hall–Kier alpha value is -2.86. The van der Waals surface area contributed by atoms with E-state index in [1.54, 1.807) is 25.4 Å². The first-order chi connectivity index (χ1) is 13.2. The Morgan fingerprint density at radius 2 is 2.07 bits per heavy atom. The molecule has 2 rings (SSSR count). The maximum absolute atomic E-state index is 11.9. The lowest BCUT2D eigenvalue weighted by Crippen LogP contribution is -2.20. The summed E-state index contributed by atoms with van der Waals surface area (Å²) in [5, 5.41) is 2.81. The van der Waals surface area contributed by atoms with E-state index in [9.17, 15) is 9.59 Å². The highest BCUT2D eigenvalue weighted by Gasteiger charge is 2.02. The van der Waals surface area contributed by atoms with E-state index in [4.69, 9.17) is 9.47 Å². The number of hydrogen-bond acceptors (Lipinski definition) is 5. The van der Waals surface area contributed by atoms with Gasteiger partial charge in [0.25, 0.3) is 0 Å². The summed E-state index contributed by atoms with van der Waals surface area (Å²) < 4.78 is 10.5. The minimum absolute atomic E-state index is 0. The first-order valence-corrected chi connectivity index (χ1v) is 8.90. The zero-order chi connectivity index (χ0) is 19.3. The molecular weight excluding hydrogens is 380 g/mol. The van der Waals surface area contributed by atoms with E-state index in [1.807, 2.05) is 36.4 Å². The fourth-order valence-electron chi connectivity index (χ4n) is 2.27. The van der Waals surface area contributed by atoms with Gasteiger partial charge in [0.05, 0.1) is 13.2 Å². The van der Waals surface area contributed by atoms with Crippen LogP contribution in [0.5, 0.6) is 5.75 Å². The Morgan fingerprint density at radius 3 is 2.82 bits per heavy atom. The topological polar surface area (TPSA) is 77.5 Å². The van der Waals surface area contributed by atoms with Crippen LogP contribution in [0.4, 0.5) is 0 Å². The van der Waals surface area contributed by atoms with E-state index in [1.165, 1.54) is 6.08 Å². The Kier molecular flexibility index (Phi) is 11.0. The summed E-state index contributed by atoms with van der Waals surface area (Å²) in [5.41, 5.74) is 1.80. The van der Waals surface area contributed by atoms with Gasteiger partial charge in [-0.25, -0.2) is 0 Å². The summed E-state index contributed by atoms with van der Waals surface area (Å²) in [5.74, 6) is 0.298. The summed E-state index contributed by atoms with van der Waals surface area (Å²) >= 11 is 0. The molecule has 2 aromatic rings. The molecule has 1 aromatic carbocycles. The predicted octanol–water partition coefficient (Wildman–Crippen LogP) is 3.56. The van der Waals surface area contributed by atoms with Gasteiger partial charge < -0.3 is 14.8 Å². The molecule has 0 fully saturated rings. The third kappa shape index (κ3) is 9.19. The van der Waals surface area contributed by atoms with Gasteiger partial charge in [0, 0.05) is 31.4 Å². The van der Waals surface area contributed by atoms with Crippen LogP contribution in [0.1, 0.15) is 30.9 Å². The van der Waals surface area contributed by atoms with Crippen LogP contribution in [0.15, 0.2) is 54.9 Å². The van der Waals surface area contributed by atoms with Gasteiger partial charge in [-0.3, -0.25) is 14.6 Å². The van der Waals surface area contributed by atoms with Gasteiger partial charge in [-0.1, -0.05) is 18.2 Å². The summed E-state index contributed by atoms with van der Waals surface area (Å²) in [6.07, 6.45) is 7.55. The molecule has 1 amide bonds. The average Bonchev–Trinajstić information content (AvgIpc) is 2.69. The molecule has 0 unspecified atom stereocenters. The number of aromatic nitrogens is 1. The fourth-order valence-corrected chi connectivity index (χ4v) is 2.27. The standard InChI is InChI=1S/C21H24N2O4.ClH/c1-2-26-21(25)9-5-13-27-19-8-3-6-17(14-19)10-11-20(24)23-16-18-7-4-12-22-15-18;/h3-4,6-8,10-12,14-15H,2,5,9,13,16H2,1H3,(H,23,24);1H/b11-10+;. The smallest absolute Gasteiger partial charge is 0.305 e. The van der Waals surface area contributed by atoms with E-state index in [-0.39, 0.29) is 24.3 Å². The number of esters is 1. The van der Waals surface area contributed by atoms with Gasteiger partial charge in [0.15, 0.2) is 0 Å². The Balaban J connectivity index is 0.00000392. The molecule has 6 nitrogen and oxygen atoms in total. The minimum Gasteiger partial charge on any atom is -0.494 e. The van der Waals surface area contributed by atoms with Crippen molar-refractivity contribution in [3.8, 4) is 5.75 Å². The van der Waals surface area contributed by atoms with Gasteiger partial charge in [-0.2, -0.15) is 0 Å². The van der Waals surface area contributed by atoms with Crippen molar-refractivity contribution in [2.45, 2.75) is 26.3 Å². The Bertz CT molecular complexity index is 766. The quantitative estimate of drug-likeness (QED) is 0.372. The number of pyridine rings is 1. The van der Waals surface area contributed by atoms with Crippen molar-refractivity contribution in [2.24, 2.45) is 0 Å². The highest BCUT2D eigenvalue weighted by atomic mass is 35.5. The predicted molar refractivity (Wildman–Crippen MR) is 110 cm³/mol. The molecule has 0 radical (unpaired) electrons. The van der Waals surface area contributed by atoms with Crippen LogP contribution >= 0.6 is 12.4 Å². The highest BCUT2D eigenvalue weighted by molar-refractivity contribution is 5.91. The van der Waals surface area contributed by atoms with E-state index in [2.05, 4.69) is 10.3 Å². The van der Waals surface area contributed by atoms with Crippen molar-refractivity contribution in [2.75, 3.05) is 13.2 Å². The second-order valence-corrected chi connectivity index (χ2v) is 5.74. The van der Waals surface area contributed by atoms with Crippen LogP contribution in [0.2, 0.25) is 0 Å². The molecule has 0 aliphatic rings. The Morgan fingerprint density at radius 1 is 1.21 bits per heavy atom. The van der Waals surface area contributed by atoms with Crippen molar-refractivity contribution >= 4 is 30.4 Å². The van der Waals surface area contributed by atoms with Crippen molar-refractivity contribution < 1.29 is 19.1 Å². The fraction of sp³-hybridized carbons (Fsp3) is 0.286. The molecule has 0 saturated heterocycles. The molecule has 28 heavy (non-hydrogen) atoms. The summed E-state index contributed by atoms with van der Waals surface area (Å²) in [4.78, 5) is 27.2. The number of hydrogen-bond donors (Lipinski definition) is 1. The molecule has 0 aliphatic carbocycles. The molecule has 1 aromatic heterocycles. The summed E-state index contributed by atoms with van der Waals surface area (Å²) in [6, 6.07) is 11.2. The molecule has 0 saturated carbocycles. The van der Waals surface area contributed by atoms with Crippen LogP contribution in [0.25, 0.3) is 6.08 Å². The van der Waals surface area contributed by atoms with E-state index >= 15 is 0 Å². The van der Waals surface area contributed by atoms with Crippen molar-refractivity contribution in [3.63, 3.8) is 0 Å². The molecular formula is C21H25ClN2O4. The van der Waals surface area contributed by atoms with Gasteiger partial charge in [-0.05, 0) is 48.7 Å². The van der Waals surface area contributed by atoms with Gasteiger partial charge in [0.2, 0.25) is 5.91 Å². The van der Waals surface area contributed by atoms with E-state index < -0.39 is 0 Å². The molecule has 150 valence electrons. The first-order valence-electron chi connectivity index (χ1n) is 8.90. The molecule has 0 atom stereocenters. The van der Waals surface area contributed by atoms with Crippen LogP contribution in [-0.2, 0) is 20.9 Å². The molecule has 0 bridgehead atoms. The zero-order valence-corrected chi connectivity index (χ0v) is 16.6. The zero-order valence-electron chi connectivity index (χ0n) is 15.8. The second kappa shape index (κ2) is 13.3. The van der Waals surface area contributed by atoms with Crippen LogP contribution in [0.3, 0.4) is 0 Å². The summed E-state index contributed by atoms with van der Waals surface area (Å²) in [6.45, 7) is 3.04. The number of nitrogens with one attached hydrogen (secondary N) is 1.